The minimum absolute atomic E-state index is 0.175. The van der Waals surface area contributed by atoms with Gasteiger partial charge in [0.1, 0.15) is 18.2 Å². The number of aryl methyl sites for hydroxylation is 1. The van der Waals surface area contributed by atoms with Crippen molar-refractivity contribution in [3.63, 3.8) is 0 Å². The van der Waals surface area contributed by atoms with Gasteiger partial charge in [0, 0.05) is 7.05 Å². The maximum atomic E-state index is 5.89. The molecule has 0 bridgehead atoms. The smallest absolute Gasteiger partial charge is 0.183 e. The third-order valence-corrected chi connectivity index (χ3v) is 3.56. The average molecular weight is 282 g/mol. The number of anilines is 1. The van der Waals surface area contributed by atoms with Crippen molar-refractivity contribution in [3.8, 4) is 5.75 Å². The van der Waals surface area contributed by atoms with Crippen molar-refractivity contribution in [2.45, 2.75) is 6.10 Å². The second-order valence-corrected chi connectivity index (χ2v) is 5.04. The molecule has 2 aromatic heterocycles. The molecule has 1 aromatic carbocycles. The summed E-state index contributed by atoms with van der Waals surface area (Å²) in [5.74, 6) is 1.72. The van der Waals surface area contributed by atoms with E-state index in [1.54, 1.807) is 11.0 Å². The van der Waals surface area contributed by atoms with Crippen molar-refractivity contribution in [2.75, 3.05) is 18.0 Å². The fourth-order valence-corrected chi connectivity index (χ4v) is 2.45. The van der Waals surface area contributed by atoms with E-state index in [1.807, 2.05) is 37.4 Å². The molecule has 0 saturated carbocycles. The predicted molar refractivity (Wildman–Crippen MR) is 77.2 cm³/mol. The summed E-state index contributed by atoms with van der Waals surface area (Å²) in [6.45, 7) is 1.58. The first-order valence-corrected chi connectivity index (χ1v) is 6.78. The van der Waals surface area contributed by atoms with Crippen LogP contribution in [0.1, 0.15) is 0 Å². The summed E-state index contributed by atoms with van der Waals surface area (Å²) in [6, 6.07) is 9.85. The molecule has 0 spiro atoms. The maximum Gasteiger partial charge on any atom is 0.183 e. The van der Waals surface area contributed by atoms with Crippen LogP contribution in [0.5, 0.6) is 5.75 Å². The molecule has 1 aliphatic rings. The van der Waals surface area contributed by atoms with Crippen LogP contribution in [0.3, 0.4) is 0 Å². The molecule has 0 unspecified atom stereocenters. The van der Waals surface area contributed by atoms with Gasteiger partial charge in [0.05, 0.1) is 13.1 Å². The summed E-state index contributed by atoms with van der Waals surface area (Å²) >= 11 is 0. The molecule has 0 radical (unpaired) electrons. The number of rotatable bonds is 3. The van der Waals surface area contributed by atoms with Crippen molar-refractivity contribution < 1.29 is 4.74 Å². The Morgan fingerprint density at radius 2 is 1.95 bits per heavy atom. The lowest BCUT2D eigenvalue weighted by molar-refractivity contribution is 0.167. The van der Waals surface area contributed by atoms with E-state index in [4.69, 9.17) is 4.74 Å². The van der Waals surface area contributed by atoms with Gasteiger partial charge in [-0.2, -0.15) is 0 Å². The Hall–Kier alpha value is -2.70. The summed E-state index contributed by atoms with van der Waals surface area (Å²) in [6.07, 6.45) is 1.72. The number of nitrogens with zero attached hydrogens (tertiary/aromatic N) is 6. The van der Waals surface area contributed by atoms with E-state index in [1.165, 1.54) is 0 Å². The molecule has 3 heterocycles. The number of aromatic nitrogens is 5. The molecule has 0 aliphatic carbocycles. The third-order valence-electron chi connectivity index (χ3n) is 3.56. The first-order valence-electron chi connectivity index (χ1n) is 6.78. The predicted octanol–water partition coefficient (Wildman–Crippen LogP) is 1.03. The van der Waals surface area contributed by atoms with Crippen LogP contribution in [0, 0.1) is 0 Å². The monoisotopic (exact) mass is 282 g/mol. The highest BCUT2D eigenvalue weighted by Crippen LogP contribution is 2.26. The van der Waals surface area contributed by atoms with Gasteiger partial charge in [-0.25, -0.2) is 14.6 Å². The van der Waals surface area contributed by atoms with Gasteiger partial charge in [-0.3, -0.25) is 0 Å². The molecule has 1 fully saturated rings. The van der Waals surface area contributed by atoms with E-state index in [0.717, 1.165) is 35.8 Å². The molecule has 1 aliphatic heterocycles. The molecule has 1 saturated heterocycles. The molecule has 0 atom stereocenters. The van der Waals surface area contributed by atoms with Crippen molar-refractivity contribution >= 4 is 17.0 Å². The van der Waals surface area contributed by atoms with Crippen molar-refractivity contribution in [3.05, 3.63) is 36.7 Å². The van der Waals surface area contributed by atoms with E-state index in [2.05, 4.69) is 25.2 Å². The highest BCUT2D eigenvalue weighted by Gasteiger charge is 2.31. The highest BCUT2D eigenvalue weighted by molar-refractivity contribution is 5.82. The van der Waals surface area contributed by atoms with Gasteiger partial charge < -0.3 is 9.64 Å². The Bertz CT molecular complexity index is 765. The van der Waals surface area contributed by atoms with E-state index < -0.39 is 0 Å². The number of ether oxygens (including phenoxy) is 1. The van der Waals surface area contributed by atoms with E-state index in [0.29, 0.717) is 0 Å². The van der Waals surface area contributed by atoms with Gasteiger partial charge in [0.15, 0.2) is 17.0 Å². The van der Waals surface area contributed by atoms with Crippen LogP contribution in [-0.2, 0) is 7.05 Å². The van der Waals surface area contributed by atoms with Gasteiger partial charge in [-0.05, 0) is 12.1 Å². The lowest BCUT2D eigenvalue weighted by atomic mass is 10.1. The van der Waals surface area contributed by atoms with Crippen LogP contribution in [0.2, 0.25) is 0 Å². The SMILES string of the molecule is Cn1nnc2c(N3CC(Oc4ccccc4)C3)ncnc21. The normalized spacial score (nSPS) is 15.2. The van der Waals surface area contributed by atoms with Crippen LogP contribution < -0.4 is 9.64 Å². The van der Waals surface area contributed by atoms with E-state index >= 15 is 0 Å². The maximum absolute atomic E-state index is 5.89. The standard InChI is InChI=1S/C14H14N6O/c1-19-13-12(17-18-19)14(16-9-15-13)20-7-11(8-20)21-10-5-3-2-4-6-10/h2-6,9,11H,7-8H2,1H3. The van der Waals surface area contributed by atoms with E-state index in [9.17, 15) is 0 Å². The Morgan fingerprint density at radius 1 is 1.14 bits per heavy atom. The second kappa shape index (κ2) is 4.69. The Kier molecular flexibility index (Phi) is 2.70. The summed E-state index contributed by atoms with van der Waals surface area (Å²) in [5, 5.41) is 8.13. The Morgan fingerprint density at radius 3 is 2.76 bits per heavy atom. The average Bonchev–Trinajstić information content (AvgIpc) is 2.86. The third kappa shape index (κ3) is 2.06. The second-order valence-electron chi connectivity index (χ2n) is 5.04. The molecule has 0 N–H and O–H groups in total. The minimum atomic E-state index is 0.175. The van der Waals surface area contributed by atoms with Crippen molar-refractivity contribution in [1.29, 1.82) is 0 Å². The quantitative estimate of drug-likeness (QED) is 0.714. The van der Waals surface area contributed by atoms with E-state index in [-0.39, 0.29) is 6.10 Å². The molecule has 7 heteroatoms. The minimum Gasteiger partial charge on any atom is -0.487 e. The van der Waals surface area contributed by atoms with Crippen LogP contribution >= 0.6 is 0 Å². The van der Waals surface area contributed by atoms with Gasteiger partial charge in [0.25, 0.3) is 0 Å². The zero-order valence-corrected chi connectivity index (χ0v) is 11.5. The molecule has 3 aromatic rings. The number of hydrogen-bond donors (Lipinski definition) is 0. The van der Waals surface area contributed by atoms with Crippen LogP contribution in [0.4, 0.5) is 5.82 Å². The number of hydrogen-bond acceptors (Lipinski definition) is 6. The molecule has 4 rings (SSSR count). The summed E-state index contributed by atoms with van der Waals surface area (Å²) in [5.41, 5.74) is 1.48. The van der Waals surface area contributed by atoms with Gasteiger partial charge in [-0.1, -0.05) is 23.4 Å². The summed E-state index contributed by atoms with van der Waals surface area (Å²) in [4.78, 5) is 10.7. The topological polar surface area (TPSA) is 69.0 Å². The zero-order chi connectivity index (χ0) is 14.2. The van der Waals surface area contributed by atoms with Crippen LogP contribution in [0.15, 0.2) is 36.7 Å². The van der Waals surface area contributed by atoms with Crippen LogP contribution in [0.25, 0.3) is 11.2 Å². The number of fused-ring (bicyclic) bond motifs is 1. The Labute approximate surface area is 121 Å². The van der Waals surface area contributed by atoms with Gasteiger partial charge in [0.2, 0.25) is 0 Å². The van der Waals surface area contributed by atoms with Gasteiger partial charge in [-0.15, -0.1) is 5.10 Å². The molecular weight excluding hydrogens is 268 g/mol. The van der Waals surface area contributed by atoms with Gasteiger partial charge >= 0.3 is 0 Å². The lowest BCUT2D eigenvalue weighted by Gasteiger charge is -2.39. The summed E-state index contributed by atoms with van der Waals surface area (Å²) < 4.78 is 7.54. The molecule has 21 heavy (non-hydrogen) atoms. The lowest BCUT2D eigenvalue weighted by Crippen LogP contribution is -2.54. The molecule has 106 valence electrons. The fourth-order valence-electron chi connectivity index (χ4n) is 2.45. The fraction of sp³-hybridized carbons (Fsp3) is 0.286. The highest BCUT2D eigenvalue weighted by atomic mass is 16.5. The van der Waals surface area contributed by atoms with Crippen LogP contribution in [-0.4, -0.2) is 44.2 Å². The number of benzene rings is 1. The zero-order valence-electron chi connectivity index (χ0n) is 11.5. The summed E-state index contributed by atoms with van der Waals surface area (Å²) in [7, 11) is 1.82. The first kappa shape index (κ1) is 12.1. The largest absolute Gasteiger partial charge is 0.487 e. The Balaban J connectivity index is 1.50. The molecule has 7 nitrogen and oxygen atoms in total. The van der Waals surface area contributed by atoms with Crippen molar-refractivity contribution in [2.24, 2.45) is 7.05 Å². The molecular formula is C14H14N6O. The molecule has 0 amide bonds. The number of para-hydroxylation sites is 1. The van der Waals surface area contributed by atoms with Crippen molar-refractivity contribution in [1.82, 2.24) is 25.0 Å². The first-order chi connectivity index (χ1) is 10.3.